The number of thioether (sulfide) groups is 1. The molecule has 3 N–H and O–H groups in total. The molecule has 1 saturated heterocycles. The minimum absolute atomic E-state index is 0.00407. The first-order chi connectivity index (χ1) is 18.7. The highest BCUT2D eigenvalue weighted by Gasteiger charge is 2.55. The topological polar surface area (TPSA) is 181 Å². The Morgan fingerprint density at radius 2 is 2.08 bits per heavy atom. The van der Waals surface area contributed by atoms with Crippen molar-refractivity contribution in [3.8, 4) is 0 Å². The zero-order chi connectivity index (χ0) is 29.8. The average molecular weight is 561 g/mol. The number of oxime groups is 1. The Morgan fingerprint density at radius 1 is 1.32 bits per heavy atom. The molecule has 0 spiro atoms. The third-order valence-corrected chi connectivity index (χ3v) is 6.84. The van der Waals surface area contributed by atoms with Crippen molar-refractivity contribution >= 4 is 57.9 Å². The molecule has 37 heavy (non-hydrogen) atoms. The van der Waals surface area contributed by atoms with Crippen molar-refractivity contribution in [3.05, 3.63) is 22.3 Å². The second-order valence-corrected chi connectivity index (χ2v) is 9.85. The first-order valence-electron chi connectivity index (χ1n) is 12.2. The van der Waals surface area contributed by atoms with Gasteiger partial charge in [0.05, 0.1) is 16.8 Å². The molecule has 16 heteroatoms. The van der Waals surface area contributed by atoms with Crippen molar-refractivity contribution < 1.29 is 47.1 Å². The number of aromatic nitrogens is 1. The number of nitrogen functional groups attached to an aromatic ring is 1. The Labute approximate surface area is 224 Å². The number of hydrogen-bond donors (Lipinski definition) is 2. The maximum Gasteiger partial charge on any atom is 0.511 e. The van der Waals surface area contributed by atoms with Crippen molar-refractivity contribution in [3.63, 3.8) is 0 Å². The number of anilines is 1. The minimum atomic E-state index is -2.94. The van der Waals surface area contributed by atoms with E-state index in [0.717, 1.165) is 16.2 Å². The maximum atomic E-state index is 13.2. The van der Waals surface area contributed by atoms with Crippen LogP contribution in [0.3, 0.4) is 0 Å². The molecule has 3 heterocycles. The van der Waals surface area contributed by atoms with Gasteiger partial charge < -0.3 is 34.8 Å². The van der Waals surface area contributed by atoms with Crippen LogP contribution in [0, 0.1) is 0 Å². The van der Waals surface area contributed by atoms with Gasteiger partial charge in [-0.1, -0.05) is 5.16 Å². The maximum absolute atomic E-state index is 13.2. The van der Waals surface area contributed by atoms with E-state index in [9.17, 15) is 19.2 Å². The highest BCUT2D eigenvalue weighted by Crippen LogP contribution is 2.41. The number of thiazole rings is 1. The number of carbonyl (C=O) groups excluding carboxylic acids is 4. The van der Waals surface area contributed by atoms with E-state index in [1.165, 1.54) is 31.2 Å². The molecule has 202 valence electrons. The predicted molar refractivity (Wildman–Crippen MR) is 132 cm³/mol. The number of carbonyl (C=O) groups is 4. The molecule has 1 unspecified atom stereocenters. The number of methoxy groups -OCH3 is 1. The first kappa shape index (κ1) is 24.0. The fourth-order valence-electron chi connectivity index (χ4n) is 3.40. The first-order valence-corrected chi connectivity index (χ1v) is 12.7. The number of nitrogens with one attached hydrogen (secondary N) is 1. The molecule has 0 bridgehead atoms. The second-order valence-electron chi connectivity index (χ2n) is 7.86. The SMILES string of the molecule is [2H]C([2H])([2H])O/N=C(/C(=O)N[C@@H]1C(=O)N2C(C(=O)OC(C)OC(=O)OC(C)C)=C(COC)CS[C@H]12)c1csc(N)n1. The van der Waals surface area contributed by atoms with E-state index in [4.69, 9.17) is 28.8 Å². The molecule has 3 rings (SSSR count). The molecule has 2 aliphatic heterocycles. The summed E-state index contributed by atoms with van der Waals surface area (Å²) >= 11 is 2.23. The minimum Gasteiger partial charge on any atom is -0.431 e. The second kappa shape index (κ2) is 12.2. The zero-order valence-electron chi connectivity index (χ0n) is 23.2. The lowest BCUT2D eigenvalue weighted by Gasteiger charge is -2.49. The number of esters is 1. The Bertz CT molecular complexity index is 1220. The molecule has 2 amide bonds. The number of nitrogens with zero attached hydrogens (tertiary/aromatic N) is 3. The van der Waals surface area contributed by atoms with Crippen LogP contribution in [0.2, 0.25) is 0 Å². The van der Waals surface area contributed by atoms with E-state index < -0.39 is 60.5 Å². The van der Waals surface area contributed by atoms with E-state index in [2.05, 4.69) is 20.3 Å². The Morgan fingerprint density at radius 3 is 2.70 bits per heavy atom. The van der Waals surface area contributed by atoms with Crippen molar-refractivity contribution in [1.82, 2.24) is 15.2 Å². The van der Waals surface area contributed by atoms with Gasteiger partial charge in [-0.15, -0.1) is 23.1 Å². The summed E-state index contributed by atoms with van der Waals surface area (Å²) in [7, 11) is -1.53. The largest absolute Gasteiger partial charge is 0.511 e. The number of β-lactam (4-membered cyclic amide) rings is 1. The van der Waals surface area contributed by atoms with Crippen molar-refractivity contribution in [2.45, 2.75) is 44.6 Å². The van der Waals surface area contributed by atoms with Gasteiger partial charge in [-0.3, -0.25) is 14.5 Å². The Kier molecular flexibility index (Phi) is 7.94. The molecule has 0 aromatic carbocycles. The number of hydrogen-bond acceptors (Lipinski definition) is 14. The van der Waals surface area contributed by atoms with Gasteiger partial charge in [0, 0.05) is 25.2 Å². The highest BCUT2D eigenvalue weighted by atomic mass is 32.2. The van der Waals surface area contributed by atoms with Crippen molar-refractivity contribution in [2.75, 3.05) is 32.2 Å². The number of fused-ring (bicyclic) bond motifs is 1. The van der Waals surface area contributed by atoms with Gasteiger partial charge in [-0.2, -0.15) is 0 Å². The molecule has 2 aliphatic rings. The normalized spacial score (nSPS) is 21.6. The summed E-state index contributed by atoms with van der Waals surface area (Å²) in [6, 6.07) is -1.12. The molecule has 0 radical (unpaired) electrons. The van der Waals surface area contributed by atoms with Crippen LogP contribution in [0.25, 0.3) is 0 Å². The number of rotatable bonds is 10. The Balaban J connectivity index is 1.77. The average Bonchev–Trinajstić information content (AvgIpc) is 3.26. The van der Waals surface area contributed by atoms with E-state index in [-0.39, 0.29) is 28.9 Å². The van der Waals surface area contributed by atoms with Gasteiger partial charge in [-0.05, 0) is 19.4 Å². The lowest BCUT2D eigenvalue weighted by atomic mass is 10.0. The van der Waals surface area contributed by atoms with Crippen LogP contribution in [-0.4, -0.2) is 89.9 Å². The van der Waals surface area contributed by atoms with Crippen LogP contribution in [0.5, 0.6) is 0 Å². The molecule has 0 aliphatic carbocycles. The molecule has 3 atom stereocenters. The van der Waals surface area contributed by atoms with Crippen molar-refractivity contribution in [1.29, 1.82) is 0 Å². The fraction of sp³-hybridized carbons (Fsp3) is 0.524. The van der Waals surface area contributed by atoms with E-state index >= 15 is 0 Å². The van der Waals surface area contributed by atoms with Crippen LogP contribution in [0.1, 0.15) is 30.6 Å². The molecule has 1 aromatic heterocycles. The summed E-state index contributed by atoms with van der Waals surface area (Å²) in [5.74, 6) is -2.32. The summed E-state index contributed by atoms with van der Waals surface area (Å²) in [6.45, 7) is 4.54. The van der Waals surface area contributed by atoms with Gasteiger partial charge in [0.25, 0.3) is 11.8 Å². The third-order valence-electron chi connectivity index (χ3n) is 4.83. The number of ether oxygens (including phenoxy) is 4. The molecular weight excluding hydrogens is 530 g/mol. The molecule has 1 aromatic rings. The van der Waals surface area contributed by atoms with Crippen LogP contribution >= 0.6 is 23.1 Å². The smallest absolute Gasteiger partial charge is 0.431 e. The monoisotopic (exact) mass is 560 g/mol. The summed E-state index contributed by atoms with van der Waals surface area (Å²) < 4.78 is 41.7. The third kappa shape index (κ3) is 6.50. The van der Waals surface area contributed by atoms with Gasteiger partial charge in [0.2, 0.25) is 6.29 Å². The summed E-state index contributed by atoms with van der Waals surface area (Å²) in [5.41, 5.74) is 5.39. The van der Waals surface area contributed by atoms with Gasteiger partial charge in [0.1, 0.15) is 29.8 Å². The lowest BCUT2D eigenvalue weighted by Crippen LogP contribution is -2.71. The van der Waals surface area contributed by atoms with E-state index in [1.54, 1.807) is 13.8 Å². The van der Waals surface area contributed by atoms with Crippen LogP contribution in [0.4, 0.5) is 9.93 Å². The Hall–Kier alpha value is -3.37. The van der Waals surface area contributed by atoms with E-state index in [1.807, 2.05) is 0 Å². The standard InChI is InChI=1S/C21H27N5O9S2/c1-9(2)33-21(30)35-10(3)34-19(29)15-11(6-31-4)7-36-18-14(17(28)26(15)18)24-16(27)13(25-32-5)12-8-37-20(22)23-12/h8-10,14,18H,6-7H2,1-5H3,(H2,22,23)(H,24,27)/b25-13+/t10?,14-,18-/m1/s1/i5D3. The highest BCUT2D eigenvalue weighted by molar-refractivity contribution is 8.00. The molecule has 14 nitrogen and oxygen atoms in total. The van der Waals surface area contributed by atoms with Crippen LogP contribution < -0.4 is 11.1 Å². The number of nitrogens with two attached hydrogens (primary N) is 1. The number of amides is 2. The van der Waals surface area contributed by atoms with Crippen LogP contribution in [0.15, 0.2) is 21.8 Å². The molecule has 0 saturated carbocycles. The predicted octanol–water partition coefficient (Wildman–Crippen LogP) is 0.827. The fourth-order valence-corrected chi connectivity index (χ4v) is 5.27. The quantitative estimate of drug-likeness (QED) is 0.135. The van der Waals surface area contributed by atoms with E-state index in [0.29, 0.717) is 5.57 Å². The molecule has 1 fully saturated rings. The summed E-state index contributed by atoms with van der Waals surface area (Å²) in [6.07, 6.45) is -2.83. The van der Waals surface area contributed by atoms with Gasteiger partial charge in [0.15, 0.2) is 10.8 Å². The lowest BCUT2D eigenvalue weighted by molar-refractivity contribution is -0.169. The van der Waals surface area contributed by atoms with Gasteiger partial charge >= 0.3 is 12.1 Å². The van der Waals surface area contributed by atoms with Gasteiger partial charge in [-0.25, -0.2) is 14.6 Å². The zero-order valence-corrected chi connectivity index (χ0v) is 21.8. The van der Waals surface area contributed by atoms with Crippen LogP contribution in [-0.2, 0) is 38.2 Å². The summed E-state index contributed by atoms with van der Waals surface area (Å²) in [4.78, 5) is 60.6. The molecular formula is C21H27N5O9S2. The van der Waals surface area contributed by atoms with Crippen molar-refractivity contribution in [2.24, 2.45) is 5.16 Å². The summed E-state index contributed by atoms with van der Waals surface area (Å²) in [5, 5.41) is 6.64.